The highest BCUT2D eigenvalue weighted by atomic mass is 35.5. The van der Waals surface area contributed by atoms with Gasteiger partial charge in [-0.1, -0.05) is 23.2 Å². The Labute approximate surface area is 171 Å². The molecule has 0 saturated carbocycles. The lowest BCUT2D eigenvalue weighted by molar-refractivity contribution is 0.373. The number of anilines is 1. The summed E-state index contributed by atoms with van der Waals surface area (Å²) in [5, 5.41) is 0.232. The Balaban J connectivity index is 2.13. The SMILES string of the molecule is O=P(O)(O)CCN(c1ccc2nccnc2c1)S(=O)(=O)c1cc(Cl)cc(Cl)c1. The van der Waals surface area contributed by atoms with Crippen molar-refractivity contribution in [2.75, 3.05) is 17.0 Å². The fraction of sp³-hybridized carbons (Fsp3) is 0.125. The molecular formula is C16H14Cl2N3O5PS. The van der Waals surface area contributed by atoms with E-state index in [0.29, 0.717) is 11.0 Å². The lowest BCUT2D eigenvalue weighted by Crippen LogP contribution is -2.33. The Morgan fingerprint density at radius 1 is 0.964 bits per heavy atom. The van der Waals surface area contributed by atoms with Crippen LogP contribution in [0.4, 0.5) is 5.69 Å². The zero-order valence-corrected chi connectivity index (χ0v) is 17.3. The molecule has 12 heteroatoms. The first-order valence-corrected chi connectivity index (χ1v) is 11.8. The molecule has 0 saturated heterocycles. The highest BCUT2D eigenvalue weighted by molar-refractivity contribution is 7.92. The van der Waals surface area contributed by atoms with Crippen LogP contribution in [-0.4, -0.2) is 40.9 Å². The minimum absolute atomic E-state index is 0.116. The van der Waals surface area contributed by atoms with E-state index in [1.807, 2.05) is 0 Å². The number of aromatic nitrogens is 2. The van der Waals surface area contributed by atoms with Crippen LogP contribution in [0.2, 0.25) is 10.0 Å². The molecule has 0 fully saturated rings. The molecule has 0 radical (unpaired) electrons. The molecule has 0 spiro atoms. The first-order valence-electron chi connectivity index (χ1n) is 7.80. The number of rotatable bonds is 6. The first kappa shape index (κ1) is 21.0. The minimum atomic E-state index is -4.45. The Bertz CT molecular complexity index is 1170. The maximum Gasteiger partial charge on any atom is 0.327 e. The topological polar surface area (TPSA) is 121 Å². The van der Waals surface area contributed by atoms with Crippen molar-refractivity contribution in [1.29, 1.82) is 0 Å². The van der Waals surface area contributed by atoms with Crippen LogP contribution in [0, 0.1) is 0 Å². The van der Waals surface area contributed by atoms with Crippen LogP contribution in [-0.2, 0) is 14.6 Å². The van der Waals surface area contributed by atoms with Gasteiger partial charge in [-0.2, -0.15) is 0 Å². The number of hydrogen-bond acceptors (Lipinski definition) is 5. The van der Waals surface area contributed by atoms with Gasteiger partial charge in [-0.3, -0.25) is 18.8 Å². The molecule has 1 aromatic heterocycles. The van der Waals surface area contributed by atoms with E-state index in [1.54, 1.807) is 6.07 Å². The molecule has 0 unspecified atom stereocenters. The molecule has 2 N–H and O–H groups in total. The summed E-state index contributed by atoms with van der Waals surface area (Å²) in [6.45, 7) is -0.456. The first-order chi connectivity index (χ1) is 13.1. The van der Waals surface area contributed by atoms with Gasteiger partial charge in [-0.25, -0.2) is 8.42 Å². The van der Waals surface area contributed by atoms with E-state index < -0.39 is 30.3 Å². The lowest BCUT2D eigenvalue weighted by atomic mass is 10.2. The summed E-state index contributed by atoms with van der Waals surface area (Å²) >= 11 is 11.8. The van der Waals surface area contributed by atoms with Gasteiger partial charge in [0.25, 0.3) is 10.0 Å². The summed E-state index contributed by atoms with van der Waals surface area (Å²) in [6, 6.07) is 8.35. The second kappa shape index (κ2) is 7.94. The van der Waals surface area contributed by atoms with Gasteiger partial charge in [0.05, 0.1) is 27.8 Å². The van der Waals surface area contributed by atoms with E-state index in [0.717, 1.165) is 4.31 Å². The third kappa shape index (κ3) is 4.81. The smallest absolute Gasteiger partial charge is 0.324 e. The second-order valence-electron chi connectivity index (χ2n) is 5.80. The van der Waals surface area contributed by atoms with Gasteiger partial charge >= 0.3 is 7.60 Å². The summed E-state index contributed by atoms with van der Waals surface area (Å²) in [4.78, 5) is 26.5. The molecule has 2 aromatic carbocycles. The number of nitrogens with zero attached hydrogens (tertiary/aromatic N) is 3. The molecule has 0 aliphatic rings. The molecule has 0 atom stereocenters. The normalized spacial score (nSPS) is 12.3. The van der Waals surface area contributed by atoms with E-state index in [1.165, 1.54) is 42.7 Å². The van der Waals surface area contributed by atoms with Gasteiger partial charge in [-0.05, 0) is 36.4 Å². The summed E-state index contributed by atoms with van der Waals surface area (Å²) in [5.74, 6) is 0. The molecule has 0 aliphatic heterocycles. The van der Waals surface area contributed by atoms with E-state index in [4.69, 9.17) is 23.2 Å². The second-order valence-corrected chi connectivity index (χ2v) is 10.3. The number of fused-ring (bicyclic) bond motifs is 1. The third-order valence-corrected chi connectivity index (χ3v) is 6.78. The average Bonchev–Trinajstić information content (AvgIpc) is 2.59. The van der Waals surface area contributed by atoms with Crippen LogP contribution in [0.3, 0.4) is 0 Å². The van der Waals surface area contributed by atoms with Gasteiger partial charge in [0, 0.05) is 29.0 Å². The van der Waals surface area contributed by atoms with Crippen molar-refractivity contribution >= 4 is 57.5 Å². The van der Waals surface area contributed by atoms with Gasteiger partial charge < -0.3 is 9.79 Å². The fourth-order valence-electron chi connectivity index (χ4n) is 2.52. The minimum Gasteiger partial charge on any atom is -0.324 e. The molecule has 148 valence electrons. The van der Waals surface area contributed by atoms with E-state index in [-0.39, 0.29) is 20.6 Å². The molecular weight excluding hydrogens is 448 g/mol. The van der Waals surface area contributed by atoms with Crippen molar-refractivity contribution < 1.29 is 22.8 Å². The molecule has 28 heavy (non-hydrogen) atoms. The predicted octanol–water partition coefficient (Wildman–Crippen LogP) is 3.31. The number of halogens is 2. The number of sulfonamides is 1. The molecule has 8 nitrogen and oxygen atoms in total. The van der Waals surface area contributed by atoms with Gasteiger partial charge in [-0.15, -0.1) is 0 Å². The molecule has 0 aliphatic carbocycles. The van der Waals surface area contributed by atoms with Crippen LogP contribution in [0.1, 0.15) is 0 Å². The van der Waals surface area contributed by atoms with Crippen molar-refractivity contribution in [3.63, 3.8) is 0 Å². The number of benzene rings is 2. The Morgan fingerprint density at radius 2 is 1.57 bits per heavy atom. The Kier molecular flexibility index (Phi) is 5.95. The van der Waals surface area contributed by atoms with Gasteiger partial charge in [0.15, 0.2) is 0 Å². The monoisotopic (exact) mass is 461 g/mol. The molecule has 1 heterocycles. The number of hydrogen-bond donors (Lipinski definition) is 2. The Hall–Kier alpha value is -1.74. The zero-order chi connectivity index (χ0) is 20.5. The maximum absolute atomic E-state index is 13.2. The highest BCUT2D eigenvalue weighted by Crippen LogP contribution is 2.36. The largest absolute Gasteiger partial charge is 0.327 e. The molecule has 3 rings (SSSR count). The molecule has 0 bridgehead atoms. The van der Waals surface area contributed by atoms with Crippen molar-refractivity contribution in [2.45, 2.75) is 4.90 Å². The van der Waals surface area contributed by atoms with Crippen LogP contribution in [0.5, 0.6) is 0 Å². The molecule has 3 aromatic rings. The van der Waals surface area contributed by atoms with Gasteiger partial charge in [0.1, 0.15) is 0 Å². The van der Waals surface area contributed by atoms with Crippen LogP contribution < -0.4 is 4.31 Å². The van der Waals surface area contributed by atoms with Crippen molar-refractivity contribution in [1.82, 2.24) is 9.97 Å². The predicted molar refractivity (Wildman–Crippen MR) is 107 cm³/mol. The summed E-state index contributed by atoms with van der Waals surface area (Å²) in [7, 11) is -8.67. The summed E-state index contributed by atoms with van der Waals surface area (Å²) in [6.07, 6.45) is 2.29. The summed E-state index contributed by atoms with van der Waals surface area (Å²) < 4.78 is 38.7. The van der Waals surface area contributed by atoms with Crippen molar-refractivity contribution in [3.05, 3.63) is 58.8 Å². The van der Waals surface area contributed by atoms with Crippen molar-refractivity contribution in [3.8, 4) is 0 Å². The maximum atomic E-state index is 13.2. The van der Waals surface area contributed by atoms with Crippen LogP contribution in [0.15, 0.2) is 53.7 Å². The van der Waals surface area contributed by atoms with E-state index in [9.17, 15) is 22.8 Å². The van der Waals surface area contributed by atoms with Crippen LogP contribution >= 0.6 is 30.8 Å². The standard InChI is InChI=1S/C16H14Cl2N3O5PS/c17-11-7-12(18)9-14(8-11)28(25,26)21(5-6-27(22,23)24)13-1-2-15-16(10-13)20-4-3-19-15/h1-4,7-10H,5-6H2,(H2,22,23,24). The molecule has 0 amide bonds. The van der Waals surface area contributed by atoms with E-state index in [2.05, 4.69) is 9.97 Å². The third-order valence-electron chi connectivity index (χ3n) is 3.76. The average molecular weight is 462 g/mol. The fourth-order valence-corrected chi connectivity index (χ4v) is 5.30. The zero-order valence-electron chi connectivity index (χ0n) is 14.1. The van der Waals surface area contributed by atoms with Crippen molar-refractivity contribution in [2.24, 2.45) is 0 Å². The summed E-state index contributed by atoms with van der Waals surface area (Å²) in [5.41, 5.74) is 1.16. The Morgan fingerprint density at radius 3 is 2.18 bits per heavy atom. The lowest BCUT2D eigenvalue weighted by Gasteiger charge is -2.25. The quantitative estimate of drug-likeness (QED) is 0.540. The van der Waals surface area contributed by atoms with Gasteiger partial charge in [0.2, 0.25) is 0 Å². The highest BCUT2D eigenvalue weighted by Gasteiger charge is 2.28. The van der Waals surface area contributed by atoms with Crippen LogP contribution in [0.25, 0.3) is 11.0 Å². The van der Waals surface area contributed by atoms with E-state index >= 15 is 0 Å².